The molecule has 0 aromatic heterocycles. The molecular formula is C17H26N2O. The van der Waals surface area contributed by atoms with Crippen LogP contribution in [-0.4, -0.2) is 36.7 Å². The standard InChI is InChI=1S/C17H26N2O/c18-15(14-6-2-1-3-7-14)10-11-19-12-13-20-17-9-5-4-8-16(17)19/h1-3,6-7,15-17H,4-5,8-13,18H2. The van der Waals surface area contributed by atoms with Gasteiger partial charge in [-0.05, 0) is 24.8 Å². The van der Waals surface area contributed by atoms with Gasteiger partial charge in [0.1, 0.15) is 0 Å². The lowest BCUT2D eigenvalue weighted by molar-refractivity contribution is -0.0885. The quantitative estimate of drug-likeness (QED) is 0.917. The van der Waals surface area contributed by atoms with Crippen LogP contribution in [0.4, 0.5) is 0 Å². The third-order valence-corrected chi connectivity index (χ3v) is 4.80. The molecule has 110 valence electrons. The van der Waals surface area contributed by atoms with Crippen LogP contribution in [0.5, 0.6) is 0 Å². The number of rotatable bonds is 4. The monoisotopic (exact) mass is 274 g/mol. The molecule has 1 aliphatic heterocycles. The van der Waals surface area contributed by atoms with Gasteiger partial charge in [-0.3, -0.25) is 4.90 Å². The fraction of sp³-hybridized carbons (Fsp3) is 0.647. The predicted octanol–water partition coefficient (Wildman–Crippen LogP) is 2.72. The number of ether oxygens (including phenoxy) is 1. The molecule has 1 saturated carbocycles. The van der Waals surface area contributed by atoms with Gasteiger partial charge in [-0.1, -0.05) is 43.2 Å². The molecule has 3 unspecified atom stereocenters. The van der Waals surface area contributed by atoms with Crippen LogP contribution in [0.2, 0.25) is 0 Å². The Bertz CT molecular complexity index is 407. The fourth-order valence-electron chi connectivity index (χ4n) is 3.63. The molecule has 1 heterocycles. The molecule has 3 rings (SSSR count). The maximum absolute atomic E-state index is 6.32. The molecule has 2 N–H and O–H groups in total. The topological polar surface area (TPSA) is 38.5 Å². The summed E-state index contributed by atoms with van der Waals surface area (Å²) in [6.07, 6.45) is 6.74. The summed E-state index contributed by atoms with van der Waals surface area (Å²) in [5.74, 6) is 0. The largest absolute Gasteiger partial charge is 0.375 e. The van der Waals surface area contributed by atoms with E-state index in [0.29, 0.717) is 12.1 Å². The van der Waals surface area contributed by atoms with E-state index in [0.717, 1.165) is 26.1 Å². The first-order chi connectivity index (χ1) is 9.84. The van der Waals surface area contributed by atoms with E-state index in [1.165, 1.54) is 31.2 Å². The summed E-state index contributed by atoms with van der Waals surface area (Å²) in [7, 11) is 0. The van der Waals surface area contributed by atoms with Gasteiger partial charge < -0.3 is 10.5 Å². The van der Waals surface area contributed by atoms with Gasteiger partial charge in [0.2, 0.25) is 0 Å². The van der Waals surface area contributed by atoms with Crippen LogP contribution in [0.25, 0.3) is 0 Å². The summed E-state index contributed by atoms with van der Waals surface area (Å²) in [5.41, 5.74) is 7.57. The lowest BCUT2D eigenvalue weighted by Gasteiger charge is -2.44. The molecule has 2 fully saturated rings. The smallest absolute Gasteiger partial charge is 0.0730 e. The van der Waals surface area contributed by atoms with Crippen molar-refractivity contribution in [3.8, 4) is 0 Å². The van der Waals surface area contributed by atoms with E-state index in [1.807, 2.05) is 6.07 Å². The van der Waals surface area contributed by atoms with Crippen LogP contribution >= 0.6 is 0 Å². The Hall–Kier alpha value is -0.900. The van der Waals surface area contributed by atoms with Gasteiger partial charge in [0.05, 0.1) is 12.7 Å². The fourth-order valence-corrected chi connectivity index (χ4v) is 3.63. The van der Waals surface area contributed by atoms with Gasteiger partial charge in [-0.2, -0.15) is 0 Å². The van der Waals surface area contributed by atoms with Crippen molar-refractivity contribution in [2.75, 3.05) is 19.7 Å². The number of nitrogens with zero attached hydrogens (tertiary/aromatic N) is 1. The first kappa shape index (κ1) is 14.1. The molecule has 1 aliphatic carbocycles. The molecule has 20 heavy (non-hydrogen) atoms. The van der Waals surface area contributed by atoms with Crippen LogP contribution in [0, 0.1) is 0 Å². The number of benzene rings is 1. The zero-order chi connectivity index (χ0) is 13.8. The van der Waals surface area contributed by atoms with E-state index in [2.05, 4.69) is 29.2 Å². The minimum absolute atomic E-state index is 0.154. The van der Waals surface area contributed by atoms with E-state index in [-0.39, 0.29) is 6.04 Å². The SMILES string of the molecule is NC(CCN1CCOC2CCCCC21)c1ccccc1. The third-order valence-electron chi connectivity index (χ3n) is 4.80. The van der Waals surface area contributed by atoms with Gasteiger partial charge in [-0.15, -0.1) is 0 Å². The summed E-state index contributed by atoms with van der Waals surface area (Å²) in [6, 6.07) is 11.2. The number of nitrogens with two attached hydrogens (primary N) is 1. The van der Waals surface area contributed by atoms with E-state index in [4.69, 9.17) is 10.5 Å². The van der Waals surface area contributed by atoms with Gasteiger partial charge in [0, 0.05) is 25.2 Å². The first-order valence-electron chi connectivity index (χ1n) is 8.01. The molecule has 1 saturated heterocycles. The Morgan fingerprint density at radius 3 is 2.85 bits per heavy atom. The average Bonchev–Trinajstić information content (AvgIpc) is 2.53. The summed E-state index contributed by atoms with van der Waals surface area (Å²) < 4.78 is 5.93. The summed E-state index contributed by atoms with van der Waals surface area (Å²) in [6.45, 7) is 3.06. The van der Waals surface area contributed by atoms with Crippen molar-refractivity contribution in [2.24, 2.45) is 5.73 Å². The molecule has 3 atom stereocenters. The van der Waals surface area contributed by atoms with E-state index in [9.17, 15) is 0 Å². The van der Waals surface area contributed by atoms with Gasteiger partial charge in [0.25, 0.3) is 0 Å². The van der Waals surface area contributed by atoms with Crippen molar-refractivity contribution in [1.82, 2.24) is 4.90 Å². The van der Waals surface area contributed by atoms with E-state index < -0.39 is 0 Å². The van der Waals surface area contributed by atoms with Crippen molar-refractivity contribution in [3.05, 3.63) is 35.9 Å². The molecule has 0 radical (unpaired) electrons. The minimum atomic E-state index is 0.154. The Labute approximate surface area is 122 Å². The predicted molar refractivity (Wildman–Crippen MR) is 81.6 cm³/mol. The van der Waals surface area contributed by atoms with Crippen molar-refractivity contribution >= 4 is 0 Å². The summed E-state index contributed by atoms with van der Waals surface area (Å²) in [4.78, 5) is 2.62. The highest BCUT2D eigenvalue weighted by Gasteiger charge is 2.33. The Kier molecular flexibility index (Phi) is 4.71. The van der Waals surface area contributed by atoms with Gasteiger partial charge >= 0.3 is 0 Å². The van der Waals surface area contributed by atoms with Crippen molar-refractivity contribution in [3.63, 3.8) is 0 Å². The number of hydrogen-bond donors (Lipinski definition) is 1. The number of fused-ring (bicyclic) bond motifs is 1. The molecule has 0 amide bonds. The summed E-state index contributed by atoms with van der Waals surface area (Å²) >= 11 is 0. The number of morpholine rings is 1. The van der Waals surface area contributed by atoms with Crippen LogP contribution in [-0.2, 0) is 4.74 Å². The highest BCUT2D eigenvalue weighted by atomic mass is 16.5. The lowest BCUT2D eigenvalue weighted by Crippen LogP contribution is -2.53. The van der Waals surface area contributed by atoms with Gasteiger partial charge in [-0.25, -0.2) is 0 Å². The molecule has 3 nitrogen and oxygen atoms in total. The van der Waals surface area contributed by atoms with Crippen molar-refractivity contribution < 1.29 is 4.74 Å². The second kappa shape index (κ2) is 6.70. The maximum atomic E-state index is 6.32. The van der Waals surface area contributed by atoms with Gasteiger partial charge in [0.15, 0.2) is 0 Å². The van der Waals surface area contributed by atoms with Crippen LogP contribution in [0.15, 0.2) is 30.3 Å². The minimum Gasteiger partial charge on any atom is -0.375 e. The lowest BCUT2D eigenvalue weighted by atomic mass is 9.90. The molecule has 3 heteroatoms. The van der Waals surface area contributed by atoms with Crippen LogP contribution in [0.3, 0.4) is 0 Å². The Balaban J connectivity index is 1.54. The van der Waals surface area contributed by atoms with E-state index >= 15 is 0 Å². The van der Waals surface area contributed by atoms with Crippen LogP contribution < -0.4 is 5.73 Å². The average molecular weight is 274 g/mol. The van der Waals surface area contributed by atoms with Crippen molar-refractivity contribution in [2.45, 2.75) is 50.3 Å². The second-order valence-electron chi connectivity index (χ2n) is 6.10. The normalized spacial score (nSPS) is 28.9. The van der Waals surface area contributed by atoms with Crippen molar-refractivity contribution in [1.29, 1.82) is 0 Å². The number of hydrogen-bond acceptors (Lipinski definition) is 3. The Morgan fingerprint density at radius 2 is 2.00 bits per heavy atom. The third kappa shape index (κ3) is 3.22. The molecule has 0 bridgehead atoms. The zero-order valence-electron chi connectivity index (χ0n) is 12.2. The first-order valence-corrected chi connectivity index (χ1v) is 8.01. The molecular weight excluding hydrogens is 248 g/mol. The molecule has 0 spiro atoms. The molecule has 1 aromatic carbocycles. The highest BCUT2D eigenvalue weighted by molar-refractivity contribution is 5.18. The molecule has 2 aliphatic rings. The molecule has 1 aromatic rings. The second-order valence-corrected chi connectivity index (χ2v) is 6.10. The summed E-state index contributed by atoms with van der Waals surface area (Å²) in [5, 5.41) is 0. The zero-order valence-corrected chi connectivity index (χ0v) is 12.2. The Morgan fingerprint density at radius 1 is 1.20 bits per heavy atom. The maximum Gasteiger partial charge on any atom is 0.0730 e. The highest BCUT2D eigenvalue weighted by Crippen LogP contribution is 2.29. The van der Waals surface area contributed by atoms with E-state index in [1.54, 1.807) is 0 Å². The van der Waals surface area contributed by atoms with Crippen LogP contribution in [0.1, 0.15) is 43.7 Å².